The van der Waals surface area contributed by atoms with E-state index in [1.54, 1.807) is 0 Å². The Morgan fingerprint density at radius 1 is 0.633 bits per heavy atom. The summed E-state index contributed by atoms with van der Waals surface area (Å²) in [4.78, 5) is 26.7. The topological polar surface area (TPSA) is 52.6 Å². The maximum Gasteiger partial charge on any atom is 0.310 e. The Labute approximate surface area is 183 Å². The van der Waals surface area contributed by atoms with Crippen molar-refractivity contribution in [3.63, 3.8) is 0 Å². The van der Waals surface area contributed by atoms with Crippen LogP contribution < -0.4 is 0 Å². The number of rotatable bonds is 8. The van der Waals surface area contributed by atoms with Gasteiger partial charge in [-0.25, -0.2) is 0 Å². The molecule has 4 nitrogen and oxygen atoms in total. The second kappa shape index (κ2) is 11.0. The fraction of sp³-hybridized carbons (Fsp3) is 0.923. The molecular formula is C26H44O4. The highest BCUT2D eigenvalue weighted by molar-refractivity contribution is 5.82. The minimum Gasteiger partial charge on any atom is -0.459 e. The third-order valence-electron chi connectivity index (χ3n) is 7.95. The minimum atomic E-state index is -0.316. The number of carbonyl (C=O) groups is 2. The van der Waals surface area contributed by atoms with Gasteiger partial charge in [-0.3, -0.25) is 9.59 Å². The third-order valence-corrected chi connectivity index (χ3v) is 7.95. The average Bonchev–Trinajstić information content (AvgIpc) is 2.75. The SMILES string of the molecule is CCCC1(OC(=O)C2CCCCC2C(=O)OC2(CCC)CCCCC2)CCCCC1. The van der Waals surface area contributed by atoms with Crippen LogP contribution in [-0.2, 0) is 19.1 Å². The van der Waals surface area contributed by atoms with Gasteiger partial charge in [0.15, 0.2) is 0 Å². The molecule has 30 heavy (non-hydrogen) atoms. The van der Waals surface area contributed by atoms with E-state index in [1.165, 1.54) is 12.8 Å². The predicted molar refractivity (Wildman–Crippen MR) is 119 cm³/mol. The molecule has 172 valence electrons. The quantitative estimate of drug-likeness (QED) is 0.401. The lowest BCUT2D eigenvalue weighted by Gasteiger charge is -2.41. The molecule has 3 fully saturated rings. The molecule has 0 spiro atoms. The molecule has 0 saturated heterocycles. The second-order valence-corrected chi connectivity index (χ2v) is 10.3. The molecule has 0 bridgehead atoms. The number of hydrogen-bond acceptors (Lipinski definition) is 4. The minimum absolute atomic E-state index is 0.125. The van der Waals surface area contributed by atoms with E-state index >= 15 is 0 Å². The standard InChI is InChI=1S/C26H44O4/c1-3-15-25(17-9-5-10-18-25)29-23(27)21-13-7-8-14-22(21)24(28)30-26(16-4-2)19-11-6-12-20-26/h21-22H,3-20H2,1-2H3. The van der Waals surface area contributed by atoms with Gasteiger partial charge in [0.25, 0.3) is 0 Å². The van der Waals surface area contributed by atoms with Crippen LogP contribution in [0.1, 0.15) is 129 Å². The summed E-state index contributed by atoms with van der Waals surface area (Å²) in [5, 5.41) is 0. The van der Waals surface area contributed by atoms with E-state index in [0.29, 0.717) is 0 Å². The number of esters is 2. The van der Waals surface area contributed by atoms with Gasteiger partial charge in [0.05, 0.1) is 11.8 Å². The zero-order valence-electron chi connectivity index (χ0n) is 19.5. The Morgan fingerprint density at radius 2 is 1.00 bits per heavy atom. The van der Waals surface area contributed by atoms with Crippen LogP contribution in [0.2, 0.25) is 0 Å². The Kier molecular flexibility index (Phi) is 8.65. The molecule has 0 amide bonds. The van der Waals surface area contributed by atoms with Crippen molar-refractivity contribution in [3.05, 3.63) is 0 Å². The molecule has 3 aliphatic carbocycles. The number of hydrogen-bond donors (Lipinski definition) is 0. The molecular weight excluding hydrogens is 376 g/mol. The van der Waals surface area contributed by atoms with Gasteiger partial charge in [0.1, 0.15) is 11.2 Å². The van der Waals surface area contributed by atoms with Crippen molar-refractivity contribution in [2.75, 3.05) is 0 Å². The van der Waals surface area contributed by atoms with Crippen LogP contribution in [-0.4, -0.2) is 23.1 Å². The Morgan fingerprint density at radius 3 is 1.33 bits per heavy atom. The van der Waals surface area contributed by atoms with Crippen LogP contribution in [0.5, 0.6) is 0 Å². The lowest BCUT2D eigenvalue weighted by atomic mass is 9.77. The van der Waals surface area contributed by atoms with Crippen LogP contribution >= 0.6 is 0 Å². The normalized spacial score (nSPS) is 28.5. The molecule has 2 unspecified atom stereocenters. The van der Waals surface area contributed by atoms with Crippen molar-refractivity contribution in [3.8, 4) is 0 Å². The fourth-order valence-electron chi connectivity index (χ4n) is 6.38. The summed E-state index contributed by atoms with van der Waals surface area (Å²) >= 11 is 0. The summed E-state index contributed by atoms with van der Waals surface area (Å²) in [5.74, 6) is -0.881. The zero-order chi connectivity index (χ0) is 21.5. The maximum absolute atomic E-state index is 13.3. The zero-order valence-corrected chi connectivity index (χ0v) is 19.5. The molecule has 0 aliphatic heterocycles. The van der Waals surface area contributed by atoms with Gasteiger partial charge >= 0.3 is 11.9 Å². The van der Waals surface area contributed by atoms with Gasteiger partial charge in [0.2, 0.25) is 0 Å². The van der Waals surface area contributed by atoms with Crippen LogP contribution in [0, 0.1) is 11.8 Å². The molecule has 3 rings (SSSR count). The second-order valence-electron chi connectivity index (χ2n) is 10.3. The molecule has 0 radical (unpaired) electrons. The third kappa shape index (κ3) is 5.79. The van der Waals surface area contributed by atoms with Gasteiger partial charge in [-0.15, -0.1) is 0 Å². The van der Waals surface area contributed by atoms with E-state index in [2.05, 4.69) is 13.8 Å². The summed E-state index contributed by atoms with van der Waals surface area (Å²) in [6.45, 7) is 4.34. The highest BCUT2D eigenvalue weighted by Gasteiger charge is 2.44. The maximum atomic E-state index is 13.3. The van der Waals surface area contributed by atoms with E-state index in [4.69, 9.17) is 9.47 Å². The summed E-state index contributed by atoms with van der Waals surface area (Å²) in [6.07, 6.45) is 18.5. The molecule has 4 heteroatoms. The fourth-order valence-corrected chi connectivity index (χ4v) is 6.38. The summed E-state index contributed by atoms with van der Waals surface area (Å²) in [5.41, 5.74) is -0.578. The molecule has 3 aliphatic rings. The van der Waals surface area contributed by atoms with Gasteiger partial charge in [-0.2, -0.15) is 0 Å². The lowest BCUT2D eigenvalue weighted by Crippen LogP contribution is -2.45. The van der Waals surface area contributed by atoms with E-state index in [9.17, 15) is 9.59 Å². The van der Waals surface area contributed by atoms with Crippen molar-refractivity contribution < 1.29 is 19.1 Å². The Balaban J connectivity index is 1.68. The molecule has 2 atom stereocenters. The first kappa shape index (κ1) is 23.6. The van der Waals surface area contributed by atoms with Crippen LogP contribution in [0.3, 0.4) is 0 Å². The first-order valence-corrected chi connectivity index (χ1v) is 13.0. The van der Waals surface area contributed by atoms with Gasteiger partial charge in [-0.05, 0) is 77.0 Å². The molecule has 0 heterocycles. The van der Waals surface area contributed by atoms with Gasteiger partial charge in [0, 0.05) is 0 Å². The van der Waals surface area contributed by atoms with Crippen LogP contribution in [0.4, 0.5) is 0 Å². The first-order valence-electron chi connectivity index (χ1n) is 13.0. The highest BCUT2D eigenvalue weighted by atomic mass is 16.6. The largest absolute Gasteiger partial charge is 0.459 e. The lowest BCUT2D eigenvalue weighted by molar-refractivity contribution is -0.184. The van der Waals surface area contributed by atoms with Crippen molar-refractivity contribution in [2.45, 2.75) is 141 Å². The summed E-state index contributed by atoms with van der Waals surface area (Å²) in [6, 6.07) is 0. The predicted octanol–water partition coefficient (Wildman–Crippen LogP) is 6.89. The van der Waals surface area contributed by atoms with Gasteiger partial charge < -0.3 is 9.47 Å². The number of ether oxygens (including phenoxy) is 2. The monoisotopic (exact) mass is 420 g/mol. The smallest absolute Gasteiger partial charge is 0.310 e. The van der Waals surface area contributed by atoms with Gasteiger partial charge in [-0.1, -0.05) is 52.4 Å². The highest BCUT2D eigenvalue weighted by Crippen LogP contribution is 2.41. The summed E-state index contributed by atoms with van der Waals surface area (Å²) in [7, 11) is 0. The molecule has 3 saturated carbocycles. The van der Waals surface area contributed by atoms with Crippen molar-refractivity contribution >= 4 is 11.9 Å². The van der Waals surface area contributed by atoms with Crippen molar-refractivity contribution in [1.82, 2.24) is 0 Å². The first-order chi connectivity index (χ1) is 14.5. The van der Waals surface area contributed by atoms with Crippen molar-refractivity contribution in [1.29, 1.82) is 0 Å². The van der Waals surface area contributed by atoms with E-state index < -0.39 is 0 Å². The molecule has 0 aromatic carbocycles. The van der Waals surface area contributed by atoms with Crippen LogP contribution in [0.25, 0.3) is 0 Å². The molecule has 0 aromatic heterocycles. The molecule has 0 aromatic rings. The van der Waals surface area contributed by atoms with Crippen molar-refractivity contribution in [2.24, 2.45) is 11.8 Å². The molecule has 0 N–H and O–H groups in total. The average molecular weight is 421 g/mol. The van der Waals surface area contributed by atoms with Crippen LogP contribution in [0.15, 0.2) is 0 Å². The van der Waals surface area contributed by atoms with E-state index in [0.717, 1.165) is 103 Å². The summed E-state index contributed by atoms with van der Waals surface area (Å²) < 4.78 is 12.5. The Hall–Kier alpha value is -1.06. The van der Waals surface area contributed by atoms with E-state index in [1.807, 2.05) is 0 Å². The Bertz CT molecular complexity index is 496. The van der Waals surface area contributed by atoms with E-state index in [-0.39, 0.29) is 35.0 Å². The number of carbonyl (C=O) groups excluding carboxylic acids is 2.